The lowest BCUT2D eigenvalue weighted by Gasteiger charge is -2.32. The molecule has 0 fully saturated rings. The highest BCUT2D eigenvalue weighted by molar-refractivity contribution is 5.99. The molecule has 2 aromatic rings. The van der Waals surface area contributed by atoms with E-state index in [-0.39, 0.29) is 18.2 Å². The predicted octanol–water partition coefficient (Wildman–Crippen LogP) is 5.15. The summed E-state index contributed by atoms with van der Waals surface area (Å²) in [5, 5.41) is 15.6. The number of amides is 3. The summed E-state index contributed by atoms with van der Waals surface area (Å²) in [6.07, 6.45) is 0.772. The first-order valence-corrected chi connectivity index (χ1v) is 12.3. The Labute approximate surface area is 214 Å². The molecule has 2 aromatic carbocycles. The van der Waals surface area contributed by atoms with E-state index in [1.165, 1.54) is 11.0 Å². The largest absolute Gasteiger partial charge is 0.508 e. The molecule has 0 aliphatic rings. The van der Waals surface area contributed by atoms with Gasteiger partial charge in [0.05, 0.1) is 0 Å². The minimum atomic E-state index is -0.970. The number of aromatic hydroxyl groups is 1. The number of phenols is 1. The number of unbranched alkanes of at least 4 members (excludes halogenated alkanes) is 1. The standard InChI is InChI=1S/C28H39N3O5/c1-8-9-15-31(23(33)17-29-27(35)36-28(5,6)7)25(21-13-14-22(32)20(4)16-21)26(34)30-24-18(2)11-10-12-19(24)3/h10-14,16,25,32H,8-9,15,17H2,1-7H3,(H,29,35)(H,30,34). The van der Waals surface area contributed by atoms with Gasteiger partial charge in [-0.25, -0.2) is 4.79 Å². The average Bonchev–Trinajstić information content (AvgIpc) is 2.78. The molecule has 0 spiro atoms. The number of nitrogens with zero attached hydrogens (tertiary/aromatic N) is 1. The number of rotatable bonds is 9. The van der Waals surface area contributed by atoms with Crippen molar-refractivity contribution in [1.29, 1.82) is 0 Å². The Bertz CT molecular complexity index is 1070. The fourth-order valence-corrected chi connectivity index (χ4v) is 3.81. The molecule has 3 N–H and O–H groups in total. The fraction of sp³-hybridized carbons (Fsp3) is 0.464. The third-order valence-electron chi connectivity index (χ3n) is 5.68. The summed E-state index contributed by atoms with van der Waals surface area (Å²) in [6, 6.07) is 9.64. The van der Waals surface area contributed by atoms with Gasteiger partial charge in [-0.15, -0.1) is 0 Å². The Balaban J connectivity index is 2.43. The Morgan fingerprint density at radius 1 is 1.03 bits per heavy atom. The first-order chi connectivity index (χ1) is 16.8. The number of hydrogen-bond donors (Lipinski definition) is 3. The molecule has 1 atom stereocenters. The molecule has 3 amide bonds. The first kappa shape index (κ1) is 28.7. The second-order valence-corrected chi connectivity index (χ2v) is 10.0. The minimum absolute atomic E-state index is 0.102. The molecule has 0 radical (unpaired) electrons. The van der Waals surface area contributed by atoms with Gasteiger partial charge in [-0.2, -0.15) is 0 Å². The lowest BCUT2D eigenvalue weighted by molar-refractivity contribution is -0.138. The maximum absolute atomic E-state index is 13.8. The third kappa shape index (κ3) is 8.00. The zero-order valence-corrected chi connectivity index (χ0v) is 22.4. The molecular formula is C28H39N3O5. The van der Waals surface area contributed by atoms with Crippen molar-refractivity contribution < 1.29 is 24.2 Å². The number of carbonyl (C=O) groups is 3. The van der Waals surface area contributed by atoms with Gasteiger partial charge >= 0.3 is 6.09 Å². The van der Waals surface area contributed by atoms with Crippen LogP contribution in [0.5, 0.6) is 5.75 Å². The van der Waals surface area contributed by atoms with E-state index in [4.69, 9.17) is 4.74 Å². The van der Waals surface area contributed by atoms with Gasteiger partial charge in [-0.05, 0) is 82.3 Å². The summed E-state index contributed by atoms with van der Waals surface area (Å²) in [6.45, 7) is 12.8. The Morgan fingerprint density at radius 3 is 2.22 bits per heavy atom. The van der Waals surface area contributed by atoms with Crippen molar-refractivity contribution in [2.75, 3.05) is 18.4 Å². The van der Waals surface area contributed by atoms with Gasteiger partial charge in [0, 0.05) is 12.2 Å². The van der Waals surface area contributed by atoms with Crippen LogP contribution in [0, 0.1) is 20.8 Å². The van der Waals surface area contributed by atoms with Gasteiger partial charge in [0.1, 0.15) is 23.9 Å². The quantitative estimate of drug-likeness (QED) is 0.444. The van der Waals surface area contributed by atoms with Crippen LogP contribution in [0.15, 0.2) is 36.4 Å². The van der Waals surface area contributed by atoms with E-state index >= 15 is 0 Å². The molecule has 0 saturated carbocycles. The zero-order valence-electron chi connectivity index (χ0n) is 22.4. The number of anilines is 1. The van der Waals surface area contributed by atoms with Crippen molar-refractivity contribution in [2.24, 2.45) is 0 Å². The number of nitrogens with one attached hydrogen (secondary N) is 2. The average molecular weight is 498 g/mol. The molecule has 0 bridgehead atoms. The summed E-state index contributed by atoms with van der Waals surface area (Å²) in [5.41, 5.74) is 2.96. The van der Waals surface area contributed by atoms with Crippen LogP contribution in [0.1, 0.15) is 68.8 Å². The highest BCUT2D eigenvalue weighted by Gasteiger charge is 2.32. The number of phenolic OH excluding ortho intramolecular Hbond substituents is 1. The number of para-hydroxylation sites is 1. The summed E-state index contributed by atoms with van der Waals surface area (Å²) >= 11 is 0. The lowest BCUT2D eigenvalue weighted by atomic mass is 10.00. The normalized spacial score (nSPS) is 12.0. The van der Waals surface area contributed by atoms with E-state index in [0.29, 0.717) is 29.8 Å². The molecule has 0 aromatic heterocycles. The van der Waals surface area contributed by atoms with Crippen molar-refractivity contribution in [3.63, 3.8) is 0 Å². The SMILES string of the molecule is CCCCN(C(=O)CNC(=O)OC(C)(C)C)C(C(=O)Nc1c(C)cccc1C)c1ccc(O)c(C)c1. The summed E-state index contributed by atoms with van der Waals surface area (Å²) < 4.78 is 5.25. The molecule has 196 valence electrons. The second-order valence-electron chi connectivity index (χ2n) is 10.0. The van der Waals surface area contributed by atoms with Gasteiger partial charge in [-0.3, -0.25) is 9.59 Å². The summed E-state index contributed by atoms with van der Waals surface area (Å²) in [7, 11) is 0. The molecule has 8 nitrogen and oxygen atoms in total. The number of alkyl carbamates (subject to hydrolysis) is 1. The summed E-state index contributed by atoms with van der Waals surface area (Å²) in [5.74, 6) is -0.688. The van der Waals surface area contributed by atoms with Gasteiger partial charge in [0.25, 0.3) is 5.91 Å². The zero-order chi connectivity index (χ0) is 27.0. The number of carbonyl (C=O) groups excluding carboxylic acids is 3. The van der Waals surface area contributed by atoms with Gasteiger partial charge in [-0.1, -0.05) is 37.6 Å². The van der Waals surface area contributed by atoms with E-state index in [1.807, 2.05) is 39.0 Å². The lowest BCUT2D eigenvalue weighted by Crippen LogP contribution is -2.47. The summed E-state index contributed by atoms with van der Waals surface area (Å²) in [4.78, 5) is 40.8. The van der Waals surface area contributed by atoms with Crippen LogP contribution in [-0.4, -0.2) is 46.6 Å². The van der Waals surface area contributed by atoms with Crippen LogP contribution >= 0.6 is 0 Å². The molecular weight excluding hydrogens is 458 g/mol. The number of hydrogen-bond acceptors (Lipinski definition) is 5. The molecule has 0 saturated heterocycles. The first-order valence-electron chi connectivity index (χ1n) is 12.3. The smallest absolute Gasteiger partial charge is 0.408 e. The Morgan fingerprint density at radius 2 is 1.67 bits per heavy atom. The molecule has 0 aliphatic heterocycles. The van der Waals surface area contributed by atoms with Crippen LogP contribution in [0.3, 0.4) is 0 Å². The van der Waals surface area contributed by atoms with Crippen molar-refractivity contribution in [3.05, 3.63) is 58.7 Å². The number of aryl methyl sites for hydroxylation is 3. The third-order valence-corrected chi connectivity index (χ3v) is 5.68. The Kier molecular flexibility index (Phi) is 9.90. The van der Waals surface area contributed by atoms with Crippen molar-refractivity contribution in [3.8, 4) is 5.75 Å². The highest BCUT2D eigenvalue weighted by atomic mass is 16.6. The Hall–Kier alpha value is -3.55. The van der Waals surface area contributed by atoms with Crippen molar-refractivity contribution in [1.82, 2.24) is 10.2 Å². The van der Waals surface area contributed by atoms with Crippen molar-refractivity contribution >= 4 is 23.6 Å². The number of benzene rings is 2. The van der Waals surface area contributed by atoms with Gasteiger partial charge < -0.3 is 25.4 Å². The van der Waals surface area contributed by atoms with Gasteiger partial charge in [0.15, 0.2) is 0 Å². The van der Waals surface area contributed by atoms with E-state index in [2.05, 4.69) is 10.6 Å². The molecule has 1 unspecified atom stereocenters. The highest BCUT2D eigenvalue weighted by Crippen LogP contribution is 2.29. The maximum Gasteiger partial charge on any atom is 0.408 e. The molecule has 0 heterocycles. The topological polar surface area (TPSA) is 108 Å². The predicted molar refractivity (Wildman–Crippen MR) is 141 cm³/mol. The van der Waals surface area contributed by atoms with Crippen LogP contribution in [-0.2, 0) is 14.3 Å². The van der Waals surface area contributed by atoms with E-state index in [0.717, 1.165) is 17.5 Å². The van der Waals surface area contributed by atoms with Crippen LogP contribution in [0.2, 0.25) is 0 Å². The van der Waals surface area contributed by atoms with E-state index in [9.17, 15) is 19.5 Å². The van der Waals surface area contributed by atoms with E-state index < -0.39 is 23.6 Å². The molecule has 8 heteroatoms. The van der Waals surface area contributed by atoms with Crippen LogP contribution in [0.4, 0.5) is 10.5 Å². The second kappa shape index (κ2) is 12.4. The van der Waals surface area contributed by atoms with E-state index in [1.54, 1.807) is 39.8 Å². The minimum Gasteiger partial charge on any atom is -0.508 e. The maximum atomic E-state index is 13.8. The molecule has 36 heavy (non-hydrogen) atoms. The molecule has 0 aliphatic carbocycles. The number of ether oxygens (including phenoxy) is 1. The van der Waals surface area contributed by atoms with Crippen molar-refractivity contribution in [2.45, 2.75) is 73.0 Å². The van der Waals surface area contributed by atoms with Crippen LogP contribution in [0.25, 0.3) is 0 Å². The molecule has 2 rings (SSSR count). The van der Waals surface area contributed by atoms with Crippen LogP contribution < -0.4 is 10.6 Å². The fourth-order valence-electron chi connectivity index (χ4n) is 3.81. The monoisotopic (exact) mass is 497 g/mol. The van der Waals surface area contributed by atoms with Gasteiger partial charge in [0.2, 0.25) is 5.91 Å².